The number of likely N-dealkylation sites (N-methyl/N-ethyl adjacent to an activating group) is 1. The molecule has 2 aliphatic rings. The molecule has 1 fully saturated rings. The third-order valence-corrected chi connectivity index (χ3v) is 4.22. The molecule has 1 heterocycles. The lowest BCUT2D eigenvalue weighted by molar-refractivity contribution is -0.0415. The molecule has 0 spiro atoms. The Bertz CT molecular complexity index is 450. The van der Waals surface area contributed by atoms with Crippen LogP contribution >= 0.6 is 0 Å². The van der Waals surface area contributed by atoms with Gasteiger partial charge in [0.05, 0.1) is 12.7 Å². The second-order valence-corrected chi connectivity index (χ2v) is 5.41. The van der Waals surface area contributed by atoms with Crippen LogP contribution in [0.4, 0.5) is 4.39 Å². The normalized spacial score (nSPS) is 27.5. The first-order valence-corrected chi connectivity index (χ1v) is 7.07. The SMILES string of the molecule is CNCC1CN(C2CCc3c(F)cccc32)CCO1. The van der Waals surface area contributed by atoms with Crippen LogP contribution in [0.5, 0.6) is 0 Å². The molecule has 0 amide bonds. The third kappa shape index (κ3) is 2.53. The Hall–Kier alpha value is -0.970. The van der Waals surface area contributed by atoms with Crippen LogP contribution in [0.1, 0.15) is 23.6 Å². The molecule has 19 heavy (non-hydrogen) atoms. The summed E-state index contributed by atoms with van der Waals surface area (Å²) in [5.41, 5.74) is 2.11. The summed E-state index contributed by atoms with van der Waals surface area (Å²) in [4.78, 5) is 2.46. The van der Waals surface area contributed by atoms with E-state index in [2.05, 4.69) is 16.3 Å². The Kier molecular flexibility index (Phi) is 3.82. The number of hydrogen-bond acceptors (Lipinski definition) is 3. The molecule has 0 bridgehead atoms. The summed E-state index contributed by atoms with van der Waals surface area (Å²) in [5, 5.41) is 3.17. The van der Waals surface area contributed by atoms with E-state index in [0.717, 1.165) is 44.6 Å². The van der Waals surface area contributed by atoms with Crippen LogP contribution in [0.25, 0.3) is 0 Å². The molecule has 1 aromatic rings. The van der Waals surface area contributed by atoms with Gasteiger partial charge in [-0.15, -0.1) is 0 Å². The molecule has 0 aromatic heterocycles. The van der Waals surface area contributed by atoms with Crippen molar-refractivity contribution < 1.29 is 9.13 Å². The summed E-state index contributed by atoms with van der Waals surface area (Å²) in [6.07, 6.45) is 2.14. The molecule has 2 atom stereocenters. The maximum absolute atomic E-state index is 13.8. The van der Waals surface area contributed by atoms with Crippen LogP contribution in [0.2, 0.25) is 0 Å². The van der Waals surface area contributed by atoms with Crippen LogP contribution in [-0.2, 0) is 11.2 Å². The van der Waals surface area contributed by atoms with Gasteiger partial charge in [0.15, 0.2) is 0 Å². The second-order valence-electron chi connectivity index (χ2n) is 5.41. The zero-order valence-electron chi connectivity index (χ0n) is 11.4. The van der Waals surface area contributed by atoms with Crippen molar-refractivity contribution in [2.75, 3.05) is 33.3 Å². The van der Waals surface area contributed by atoms with Crippen LogP contribution in [0, 0.1) is 5.82 Å². The first-order chi connectivity index (χ1) is 9.29. The van der Waals surface area contributed by atoms with Gasteiger partial charge in [-0.3, -0.25) is 4.90 Å². The Morgan fingerprint density at radius 2 is 2.37 bits per heavy atom. The van der Waals surface area contributed by atoms with E-state index in [1.807, 2.05) is 13.1 Å². The lowest BCUT2D eigenvalue weighted by atomic mass is 10.1. The van der Waals surface area contributed by atoms with E-state index in [-0.39, 0.29) is 11.9 Å². The van der Waals surface area contributed by atoms with Gasteiger partial charge in [0, 0.05) is 25.7 Å². The fraction of sp³-hybridized carbons (Fsp3) is 0.600. The van der Waals surface area contributed by atoms with Gasteiger partial charge in [-0.25, -0.2) is 4.39 Å². The zero-order chi connectivity index (χ0) is 13.2. The van der Waals surface area contributed by atoms with Gasteiger partial charge in [0.25, 0.3) is 0 Å². The zero-order valence-corrected chi connectivity index (χ0v) is 11.4. The molecule has 0 radical (unpaired) electrons. The minimum Gasteiger partial charge on any atom is -0.374 e. The molecular formula is C15H21FN2O. The standard InChI is InChI=1S/C15H21FN2O/c1-17-9-11-10-18(7-8-19-11)15-6-5-12-13(15)3-2-4-14(12)16/h2-4,11,15,17H,5-10H2,1H3. The van der Waals surface area contributed by atoms with Gasteiger partial charge in [0.1, 0.15) is 5.82 Å². The highest BCUT2D eigenvalue weighted by atomic mass is 19.1. The van der Waals surface area contributed by atoms with Crippen molar-refractivity contribution in [3.63, 3.8) is 0 Å². The molecule has 4 heteroatoms. The molecule has 3 nitrogen and oxygen atoms in total. The topological polar surface area (TPSA) is 24.5 Å². The Morgan fingerprint density at radius 1 is 1.47 bits per heavy atom. The fourth-order valence-electron chi connectivity index (χ4n) is 3.34. The lowest BCUT2D eigenvalue weighted by Crippen LogP contribution is -2.47. The van der Waals surface area contributed by atoms with Gasteiger partial charge >= 0.3 is 0 Å². The molecular weight excluding hydrogens is 243 g/mol. The van der Waals surface area contributed by atoms with Crippen LogP contribution < -0.4 is 5.32 Å². The maximum atomic E-state index is 13.8. The third-order valence-electron chi connectivity index (χ3n) is 4.22. The van der Waals surface area contributed by atoms with Crippen LogP contribution in [0.15, 0.2) is 18.2 Å². The smallest absolute Gasteiger partial charge is 0.126 e. The van der Waals surface area contributed by atoms with E-state index in [4.69, 9.17) is 4.74 Å². The van der Waals surface area contributed by atoms with Crippen molar-refractivity contribution in [2.24, 2.45) is 0 Å². The highest BCUT2D eigenvalue weighted by molar-refractivity contribution is 5.35. The molecule has 3 rings (SSSR count). The van der Waals surface area contributed by atoms with Crippen LogP contribution in [0.3, 0.4) is 0 Å². The predicted molar refractivity (Wildman–Crippen MR) is 72.7 cm³/mol. The Morgan fingerprint density at radius 3 is 3.21 bits per heavy atom. The molecule has 1 saturated heterocycles. The number of rotatable bonds is 3. The molecule has 1 aliphatic carbocycles. The number of ether oxygens (including phenoxy) is 1. The number of nitrogens with zero attached hydrogens (tertiary/aromatic N) is 1. The van der Waals surface area contributed by atoms with Crippen molar-refractivity contribution in [1.29, 1.82) is 0 Å². The number of halogens is 1. The summed E-state index contributed by atoms with van der Waals surface area (Å²) in [6, 6.07) is 5.86. The quantitative estimate of drug-likeness (QED) is 0.900. The van der Waals surface area contributed by atoms with Crippen LogP contribution in [-0.4, -0.2) is 44.3 Å². The van der Waals surface area contributed by atoms with Gasteiger partial charge in [-0.1, -0.05) is 12.1 Å². The first kappa shape index (κ1) is 13.0. The van der Waals surface area contributed by atoms with Crippen molar-refractivity contribution >= 4 is 0 Å². The number of hydrogen-bond donors (Lipinski definition) is 1. The number of morpholine rings is 1. The van der Waals surface area contributed by atoms with E-state index in [9.17, 15) is 4.39 Å². The first-order valence-electron chi connectivity index (χ1n) is 7.07. The fourth-order valence-corrected chi connectivity index (χ4v) is 3.34. The van der Waals surface area contributed by atoms with Gasteiger partial charge in [-0.05, 0) is 37.1 Å². The molecule has 104 valence electrons. The molecule has 1 aliphatic heterocycles. The van der Waals surface area contributed by atoms with Crippen molar-refractivity contribution in [2.45, 2.75) is 25.0 Å². The highest BCUT2D eigenvalue weighted by Gasteiger charge is 2.32. The summed E-state index contributed by atoms with van der Waals surface area (Å²) in [5.74, 6) is -0.0416. The molecule has 1 aromatic carbocycles. The minimum atomic E-state index is -0.0416. The van der Waals surface area contributed by atoms with Gasteiger partial charge in [-0.2, -0.15) is 0 Å². The number of fused-ring (bicyclic) bond motifs is 1. The van der Waals surface area contributed by atoms with E-state index in [0.29, 0.717) is 6.04 Å². The molecule has 1 N–H and O–H groups in total. The largest absolute Gasteiger partial charge is 0.374 e. The number of benzene rings is 1. The van der Waals surface area contributed by atoms with E-state index in [1.54, 1.807) is 6.07 Å². The van der Waals surface area contributed by atoms with Crippen molar-refractivity contribution in [3.8, 4) is 0 Å². The summed E-state index contributed by atoms with van der Waals surface area (Å²) < 4.78 is 19.5. The van der Waals surface area contributed by atoms with E-state index in [1.165, 1.54) is 5.56 Å². The van der Waals surface area contributed by atoms with Gasteiger partial charge in [0.2, 0.25) is 0 Å². The minimum absolute atomic E-state index is 0.0416. The summed E-state index contributed by atoms with van der Waals surface area (Å²) in [7, 11) is 1.95. The Balaban J connectivity index is 1.76. The highest BCUT2D eigenvalue weighted by Crippen LogP contribution is 2.37. The van der Waals surface area contributed by atoms with Crippen molar-refractivity contribution in [1.82, 2.24) is 10.2 Å². The Labute approximate surface area is 113 Å². The number of nitrogens with one attached hydrogen (secondary N) is 1. The molecule has 2 unspecified atom stereocenters. The second kappa shape index (κ2) is 5.57. The average Bonchev–Trinajstić information content (AvgIpc) is 2.85. The van der Waals surface area contributed by atoms with Gasteiger partial charge < -0.3 is 10.1 Å². The summed E-state index contributed by atoms with van der Waals surface area (Å²) >= 11 is 0. The summed E-state index contributed by atoms with van der Waals surface area (Å²) in [6.45, 7) is 3.52. The lowest BCUT2D eigenvalue weighted by Gasteiger charge is -2.37. The maximum Gasteiger partial charge on any atom is 0.126 e. The van der Waals surface area contributed by atoms with Crippen molar-refractivity contribution in [3.05, 3.63) is 35.1 Å². The monoisotopic (exact) mass is 264 g/mol. The van der Waals surface area contributed by atoms with E-state index >= 15 is 0 Å². The molecule has 0 saturated carbocycles. The van der Waals surface area contributed by atoms with E-state index < -0.39 is 0 Å². The predicted octanol–water partition coefficient (Wildman–Crippen LogP) is 1.73. The average molecular weight is 264 g/mol.